The fraction of sp³-hybridized carbons (Fsp3) is 0.538. The van der Waals surface area contributed by atoms with Crippen LogP contribution in [0.25, 0.3) is 0 Å². The molecule has 0 saturated heterocycles. The topological polar surface area (TPSA) is 46.2 Å². The van der Waals surface area contributed by atoms with Gasteiger partial charge in [-0.2, -0.15) is 0 Å². The molecule has 0 fully saturated rings. The van der Waals surface area contributed by atoms with Gasteiger partial charge in [-0.25, -0.2) is 0 Å². The van der Waals surface area contributed by atoms with E-state index in [1.165, 1.54) is 0 Å². The van der Waals surface area contributed by atoms with Crippen molar-refractivity contribution < 1.29 is 5.11 Å². The summed E-state index contributed by atoms with van der Waals surface area (Å²) in [4.78, 5) is 0. The van der Waals surface area contributed by atoms with E-state index in [4.69, 9.17) is 5.73 Å². The zero-order valence-corrected chi connectivity index (χ0v) is 9.83. The molecular formula is C13H21NO. The smallest absolute Gasteiger partial charge is 0.107 e. The van der Waals surface area contributed by atoms with Crippen molar-refractivity contribution in [3.05, 3.63) is 35.9 Å². The first-order valence-electron chi connectivity index (χ1n) is 5.54. The Morgan fingerprint density at radius 1 is 1.13 bits per heavy atom. The lowest BCUT2D eigenvalue weighted by molar-refractivity contribution is -0.0398. The second-order valence-corrected chi connectivity index (χ2v) is 4.35. The van der Waals surface area contributed by atoms with E-state index in [-0.39, 0.29) is 0 Å². The molecule has 0 heterocycles. The van der Waals surface area contributed by atoms with Crippen LogP contribution in [0.4, 0.5) is 0 Å². The number of benzene rings is 1. The lowest BCUT2D eigenvalue weighted by Gasteiger charge is -2.42. The monoisotopic (exact) mass is 207 g/mol. The van der Waals surface area contributed by atoms with Gasteiger partial charge in [0.25, 0.3) is 0 Å². The predicted octanol–water partition coefficient (Wildman–Crippen LogP) is 2.41. The van der Waals surface area contributed by atoms with Gasteiger partial charge in [0.1, 0.15) is 5.60 Å². The third kappa shape index (κ3) is 2.06. The SMILES string of the molecule is CC[C@@](C)(N)[C@](O)(CC)c1ccccc1. The van der Waals surface area contributed by atoms with E-state index >= 15 is 0 Å². The first-order chi connectivity index (χ1) is 6.98. The van der Waals surface area contributed by atoms with Crippen molar-refractivity contribution in [3.63, 3.8) is 0 Å². The summed E-state index contributed by atoms with van der Waals surface area (Å²) in [5.74, 6) is 0. The molecule has 15 heavy (non-hydrogen) atoms. The number of hydrogen-bond acceptors (Lipinski definition) is 2. The molecule has 84 valence electrons. The first kappa shape index (κ1) is 12.2. The van der Waals surface area contributed by atoms with Gasteiger partial charge >= 0.3 is 0 Å². The van der Waals surface area contributed by atoms with E-state index in [9.17, 15) is 5.11 Å². The molecule has 0 aliphatic heterocycles. The molecular weight excluding hydrogens is 186 g/mol. The molecule has 1 aromatic rings. The largest absolute Gasteiger partial charge is 0.383 e. The van der Waals surface area contributed by atoms with Gasteiger partial charge in [0, 0.05) is 5.54 Å². The average Bonchev–Trinajstić information content (AvgIpc) is 2.29. The summed E-state index contributed by atoms with van der Waals surface area (Å²) in [6.45, 7) is 5.88. The zero-order valence-electron chi connectivity index (χ0n) is 9.83. The maximum atomic E-state index is 10.7. The summed E-state index contributed by atoms with van der Waals surface area (Å²) < 4.78 is 0. The van der Waals surface area contributed by atoms with Crippen LogP contribution in [0.2, 0.25) is 0 Å². The molecule has 0 aromatic heterocycles. The molecule has 0 aliphatic carbocycles. The van der Waals surface area contributed by atoms with Gasteiger partial charge in [-0.15, -0.1) is 0 Å². The Labute approximate surface area is 92.1 Å². The highest BCUT2D eigenvalue weighted by Crippen LogP contribution is 2.36. The second kappa shape index (κ2) is 4.33. The van der Waals surface area contributed by atoms with Crippen molar-refractivity contribution in [2.75, 3.05) is 0 Å². The Hall–Kier alpha value is -0.860. The fourth-order valence-corrected chi connectivity index (χ4v) is 1.94. The highest BCUT2D eigenvalue weighted by molar-refractivity contribution is 5.26. The van der Waals surface area contributed by atoms with Gasteiger partial charge in [0.2, 0.25) is 0 Å². The van der Waals surface area contributed by atoms with Gasteiger partial charge in [-0.1, -0.05) is 44.2 Å². The van der Waals surface area contributed by atoms with E-state index in [1.54, 1.807) is 0 Å². The van der Waals surface area contributed by atoms with Crippen LogP contribution in [0.15, 0.2) is 30.3 Å². The molecule has 3 N–H and O–H groups in total. The molecule has 0 radical (unpaired) electrons. The first-order valence-corrected chi connectivity index (χ1v) is 5.54. The summed E-state index contributed by atoms with van der Waals surface area (Å²) in [5, 5.41) is 10.7. The van der Waals surface area contributed by atoms with Crippen LogP contribution in [-0.2, 0) is 5.60 Å². The minimum absolute atomic E-state index is 0.594. The predicted molar refractivity (Wildman–Crippen MR) is 63.5 cm³/mol. The summed E-state index contributed by atoms with van der Waals surface area (Å²) in [5.41, 5.74) is 5.55. The zero-order chi connectivity index (χ0) is 11.5. The Morgan fingerprint density at radius 3 is 2.07 bits per heavy atom. The van der Waals surface area contributed by atoms with Crippen molar-refractivity contribution in [2.24, 2.45) is 5.73 Å². The second-order valence-electron chi connectivity index (χ2n) is 4.35. The molecule has 1 aromatic carbocycles. The van der Waals surface area contributed by atoms with Crippen molar-refractivity contribution >= 4 is 0 Å². The molecule has 0 bridgehead atoms. The maximum Gasteiger partial charge on any atom is 0.107 e. The van der Waals surface area contributed by atoms with Gasteiger partial charge in [0.05, 0.1) is 0 Å². The molecule has 0 saturated carbocycles. The van der Waals surface area contributed by atoms with E-state index in [0.29, 0.717) is 6.42 Å². The van der Waals surface area contributed by atoms with Crippen molar-refractivity contribution in [3.8, 4) is 0 Å². The highest BCUT2D eigenvalue weighted by atomic mass is 16.3. The summed E-state index contributed by atoms with van der Waals surface area (Å²) in [7, 11) is 0. The highest BCUT2D eigenvalue weighted by Gasteiger charge is 2.42. The van der Waals surface area contributed by atoms with Crippen LogP contribution >= 0.6 is 0 Å². The summed E-state index contributed by atoms with van der Waals surface area (Å²) >= 11 is 0. The molecule has 0 spiro atoms. The standard InChI is InChI=1S/C13H21NO/c1-4-12(3,14)13(15,5-2)11-9-7-6-8-10-11/h6-10,15H,4-5,14H2,1-3H3/t12-,13+/m1/s1. The Bertz CT molecular complexity index is 308. The maximum absolute atomic E-state index is 10.7. The van der Waals surface area contributed by atoms with Crippen LogP contribution < -0.4 is 5.73 Å². The molecule has 2 heteroatoms. The number of nitrogens with two attached hydrogens (primary N) is 1. The Kier molecular flexibility index (Phi) is 3.53. The quantitative estimate of drug-likeness (QED) is 0.796. The normalized spacial score (nSPS) is 19.3. The van der Waals surface area contributed by atoms with Gasteiger partial charge in [-0.3, -0.25) is 0 Å². The van der Waals surface area contributed by atoms with Crippen molar-refractivity contribution in [2.45, 2.75) is 44.8 Å². The third-order valence-corrected chi connectivity index (χ3v) is 3.44. The minimum Gasteiger partial charge on any atom is -0.383 e. The third-order valence-electron chi connectivity index (χ3n) is 3.44. The molecule has 0 amide bonds. The van der Waals surface area contributed by atoms with E-state index < -0.39 is 11.1 Å². The molecule has 2 nitrogen and oxygen atoms in total. The van der Waals surface area contributed by atoms with Crippen LogP contribution in [0.3, 0.4) is 0 Å². The van der Waals surface area contributed by atoms with Crippen LogP contribution in [0.1, 0.15) is 39.2 Å². The van der Waals surface area contributed by atoms with Gasteiger partial charge in [0.15, 0.2) is 0 Å². The minimum atomic E-state index is -0.941. The molecule has 0 aliphatic rings. The number of hydrogen-bond donors (Lipinski definition) is 2. The Morgan fingerprint density at radius 2 is 1.67 bits per heavy atom. The van der Waals surface area contributed by atoms with Crippen LogP contribution in [-0.4, -0.2) is 10.6 Å². The van der Waals surface area contributed by atoms with Gasteiger partial charge < -0.3 is 10.8 Å². The van der Waals surface area contributed by atoms with E-state index in [2.05, 4.69) is 0 Å². The van der Waals surface area contributed by atoms with E-state index in [0.717, 1.165) is 12.0 Å². The molecule has 0 unspecified atom stereocenters. The van der Waals surface area contributed by atoms with E-state index in [1.807, 2.05) is 51.1 Å². The fourth-order valence-electron chi connectivity index (χ4n) is 1.94. The number of rotatable bonds is 4. The van der Waals surface area contributed by atoms with Crippen LogP contribution in [0.5, 0.6) is 0 Å². The summed E-state index contributed by atoms with van der Waals surface area (Å²) in [6.07, 6.45) is 1.37. The lowest BCUT2D eigenvalue weighted by Crippen LogP contribution is -2.55. The average molecular weight is 207 g/mol. The molecule has 1 rings (SSSR count). The van der Waals surface area contributed by atoms with Crippen molar-refractivity contribution in [1.29, 1.82) is 0 Å². The lowest BCUT2D eigenvalue weighted by atomic mass is 9.73. The number of aliphatic hydroxyl groups is 1. The van der Waals surface area contributed by atoms with Crippen molar-refractivity contribution in [1.82, 2.24) is 0 Å². The van der Waals surface area contributed by atoms with Crippen LogP contribution in [0, 0.1) is 0 Å². The molecule has 2 atom stereocenters. The summed E-state index contributed by atoms with van der Waals surface area (Å²) in [6, 6.07) is 9.68. The Balaban J connectivity index is 3.17. The van der Waals surface area contributed by atoms with Gasteiger partial charge in [-0.05, 0) is 25.3 Å².